The van der Waals surface area contributed by atoms with E-state index >= 15 is 0 Å². The minimum absolute atomic E-state index is 0.136. The molecule has 4 aromatic rings. The van der Waals surface area contributed by atoms with Gasteiger partial charge in [-0.15, -0.1) is 0 Å². The predicted molar refractivity (Wildman–Crippen MR) is 192 cm³/mol. The summed E-state index contributed by atoms with van der Waals surface area (Å²) in [6.07, 6.45) is 1.16. The fraction of sp³-hybridized carbons (Fsp3) is 0.188. The fourth-order valence-corrected chi connectivity index (χ4v) is 4.53. The van der Waals surface area contributed by atoms with Crippen molar-refractivity contribution in [2.45, 2.75) is 28.7 Å². The first-order valence-electron chi connectivity index (χ1n) is 14.9. The van der Waals surface area contributed by atoms with Gasteiger partial charge in [0.25, 0.3) is 20.2 Å². The summed E-state index contributed by atoms with van der Waals surface area (Å²) in [5.74, 6) is 0.00445. The molecule has 0 saturated carbocycles. The van der Waals surface area contributed by atoms with Crippen LogP contribution in [0.3, 0.4) is 0 Å². The highest BCUT2D eigenvalue weighted by molar-refractivity contribution is 7.86. The van der Waals surface area contributed by atoms with Crippen LogP contribution >= 0.6 is 0 Å². The lowest BCUT2D eigenvalue weighted by Crippen LogP contribution is -2.36. The monoisotopic (exact) mass is 758 g/mol. The number of hydrogen-bond donors (Lipinski definition) is 8. The zero-order valence-electron chi connectivity index (χ0n) is 27.8. The van der Waals surface area contributed by atoms with Crippen LogP contribution < -0.4 is 16.4 Å². The van der Waals surface area contributed by atoms with Gasteiger partial charge < -0.3 is 31.7 Å². The molecule has 0 spiro atoms. The summed E-state index contributed by atoms with van der Waals surface area (Å²) >= 11 is 0. The van der Waals surface area contributed by atoms with E-state index in [1.54, 1.807) is 38.4 Å². The van der Waals surface area contributed by atoms with Crippen molar-refractivity contribution in [2.75, 3.05) is 20.6 Å². The largest absolute Gasteiger partial charge is 0.508 e. The molecule has 52 heavy (non-hydrogen) atoms. The van der Waals surface area contributed by atoms with Crippen molar-refractivity contribution in [3.63, 3.8) is 0 Å². The first kappa shape index (κ1) is 42.4. The van der Waals surface area contributed by atoms with Crippen LogP contribution in [0.5, 0.6) is 11.5 Å². The number of phenols is 2. The molecule has 0 unspecified atom stereocenters. The maximum atomic E-state index is 10.8. The molecule has 0 radical (unpaired) electrons. The van der Waals surface area contributed by atoms with Crippen LogP contribution in [0.15, 0.2) is 132 Å². The Kier molecular flexibility index (Phi) is 16.9. The lowest BCUT2D eigenvalue weighted by atomic mass is 10.2. The van der Waals surface area contributed by atoms with Crippen LogP contribution in [0.25, 0.3) is 0 Å². The van der Waals surface area contributed by atoms with Crippen molar-refractivity contribution >= 4 is 54.9 Å². The molecule has 0 fully saturated rings. The number of nitrogens with zero attached hydrogens (tertiary/aromatic N) is 5. The third-order valence-electron chi connectivity index (χ3n) is 6.29. The van der Waals surface area contributed by atoms with Gasteiger partial charge in [-0.2, -0.15) is 37.3 Å². The van der Waals surface area contributed by atoms with Crippen molar-refractivity contribution in [3.8, 4) is 11.5 Å². The van der Waals surface area contributed by atoms with E-state index in [0.717, 1.165) is 0 Å². The number of rotatable bonds is 11. The number of aliphatic imine (C=N–C) groups is 1. The van der Waals surface area contributed by atoms with E-state index in [1.165, 1.54) is 72.8 Å². The highest BCUT2D eigenvalue weighted by atomic mass is 32.2. The van der Waals surface area contributed by atoms with Gasteiger partial charge in [0.1, 0.15) is 17.5 Å². The van der Waals surface area contributed by atoms with E-state index in [2.05, 4.69) is 36.1 Å². The molecule has 0 aliphatic carbocycles. The molecule has 4 rings (SSSR count). The lowest BCUT2D eigenvalue weighted by Gasteiger charge is -2.09. The molecule has 1 atom stereocenters. The summed E-state index contributed by atoms with van der Waals surface area (Å²) in [6.45, 7) is 0.661. The number of carbonyl (C=O) groups is 1. The number of carboxylic acids is 1. The van der Waals surface area contributed by atoms with Crippen LogP contribution in [0, 0.1) is 0 Å². The molecule has 0 aliphatic rings. The first-order chi connectivity index (χ1) is 24.5. The molecule has 278 valence electrons. The second-order valence-electron chi connectivity index (χ2n) is 10.2. The fourth-order valence-electron chi connectivity index (χ4n) is 3.57. The quantitative estimate of drug-likeness (QED) is 0.0326. The topological polar surface area (TPSA) is 298 Å². The van der Waals surface area contributed by atoms with Crippen LogP contribution in [-0.2, 0) is 25.0 Å². The first-order valence-corrected chi connectivity index (χ1v) is 17.8. The molecule has 0 saturated heterocycles. The smallest absolute Gasteiger partial charge is 0.320 e. The Bertz CT molecular complexity index is 1900. The second-order valence-corrected chi connectivity index (χ2v) is 13.0. The molecule has 18 nitrogen and oxygen atoms in total. The van der Waals surface area contributed by atoms with Crippen LogP contribution in [-0.4, -0.2) is 79.9 Å². The SMILES string of the molecule is CN=C(NC)NCCC[C@H](N)C(=O)O.O=S(=O)(O)c1ccc(N=Nc2ccc(O)cc2)cc1.O=S(=O)(O)c1ccc(N=Nc2ccc(O)cc2)cc1. The van der Waals surface area contributed by atoms with Gasteiger partial charge in [0.2, 0.25) is 0 Å². The third kappa shape index (κ3) is 16.3. The Hall–Kier alpha value is -5.80. The highest BCUT2D eigenvalue weighted by Crippen LogP contribution is 2.23. The minimum Gasteiger partial charge on any atom is -0.508 e. The van der Waals surface area contributed by atoms with Gasteiger partial charge in [0, 0.05) is 20.6 Å². The molecular weight excluding hydrogens is 721 g/mol. The Balaban J connectivity index is 0.000000275. The molecule has 0 aliphatic heterocycles. The van der Waals surface area contributed by atoms with E-state index < -0.39 is 32.2 Å². The molecular formula is C32H38N8O10S2. The van der Waals surface area contributed by atoms with Gasteiger partial charge in [-0.05, 0) is 110 Å². The van der Waals surface area contributed by atoms with Gasteiger partial charge in [-0.1, -0.05) is 0 Å². The number of azo groups is 2. The Labute approximate surface area is 300 Å². The average molecular weight is 759 g/mol. The maximum absolute atomic E-state index is 10.8. The van der Waals surface area contributed by atoms with Gasteiger partial charge >= 0.3 is 5.97 Å². The van der Waals surface area contributed by atoms with Gasteiger partial charge in [0.15, 0.2) is 5.96 Å². The summed E-state index contributed by atoms with van der Waals surface area (Å²) < 4.78 is 60.9. The van der Waals surface area contributed by atoms with E-state index in [1.807, 2.05) is 0 Å². The molecule has 4 aromatic carbocycles. The summed E-state index contributed by atoms with van der Waals surface area (Å²) in [4.78, 5) is 13.9. The van der Waals surface area contributed by atoms with E-state index in [0.29, 0.717) is 48.1 Å². The zero-order valence-corrected chi connectivity index (χ0v) is 29.5. The van der Waals surface area contributed by atoms with Crippen LogP contribution in [0.1, 0.15) is 12.8 Å². The van der Waals surface area contributed by atoms with Gasteiger partial charge in [-0.3, -0.25) is 18.9 Å². The summed E-state index contributed by atoms with van der Waals surface area (Å²) in [6, 6.07) is 22.2. The van der Waals surface area contributed by atoms with E-state index in [9.17, 15) is 21.6 Å². The third-order valence-corrected chi connectivity index (χ3v) is 8.03. The number of guanidine groups is 1. The van der Waals surface area contributed by atoms with Crippen molar-refractivity contribution in [1.82, 2.24) is 10.6 Å². The van der Waals surface area contributed by atoms with Crippen LogP contribution in [0.2, 0.25) is 0 Å². The van der Waals surface area contributed by atoms with Crippen molar-refractivity contribution in [3.05, 3.63) is 97.1 Å². The Morgan fingerprint density at radius 3 is 1.27 bits per heavy atom. The Morgan fingerprint density at radius 1 is 0.673 bits per heavy atom. The molecule has 0 aromatic heterocycles. The minimum atomic E-state index is -4.19. The summed E-state index contributed by atoms with van der Waals surface area (Å²) in [5, 5.41) is 48.2. The molecule has 0 amide bonds. The number of aromatic hydroxyl groups is 2. The van der Waals surface area contributed by atoms with Crippen molar-refractivity contribution < 1.29 is 46.1 Å². The number of nitrogens with one attached hydrogen (secondary N) is 2. The van der Waals surface area contributed by atoms with Crippen molar-refractivity contribution in [1.29, 1.82) is 0 Å². The number of nitrogens with two attached hydrogens (primary N) is 1. The summed E-state index contributed by atoms with van der Waals surface area (Å²) in [7, 11) is -4.95. The lowest BCUT2D eigenvalue weighted by molar-refractivity contribution is -0.138. The highest BCUT2D eigenvalue weighted by Gasteiger charge is 2.10. The molecule has 9 N–H and O–H groups in total. The van der Waals surface area contributed by atoms with Gasteiger partial charge in [0.05, 0.1) is 32.5 Å². The van der Waals surface area contributed by atoms with Gasteiger partial charge in [-0.25, -0.2) is 0 Å². The maximum Gasteiger partial charge on any atom is 0.320 e. The molecule has 20 heteroatoms. The number of benzene rings is 4. The number of carboxylic acid groups (broad SMARTS) is 1. The predicted octanol–water partition coefficient (Wildman–Crippen LogP) is 5.08. The van der Waals surface area contributed by atoms with Crippen molar-refractivity contribution in [2.24, 2.45) is 31.2 Å². The normalized spacial score (nSPS) is 12.3. The average Bonchev–Trinajstić information content (AvgIpc) is 3.11. The molecule has 0 heterocycles. The number of hydrogen-bond acceptors (Lipinski definition) is 13. The summed E-state index contributed by atoms with van der Waals surface area (Å²) in [5.41, 5.74) is 7.32. The Morgan fingerprint density at radius 2 is 1.00 bits per heavy atom. The zero-order chi connectivity index (χ0) is 38.7. The van der Waals surface area contributed by atoms with E-state index in [4.69, 9.17) is 30.2 Å². The number of aliphatic carboxylic acids is 1. The van der Waals surface area contributed by atoms with E-state index in [-0.39, 0.29) is 21.3 Å². The number of phenolic OH excluding ortho intramolecular Hbond substituents is 2. The molecule has 0 bridgehead atoms. The van der Waals surface area contributed by atoms with Crippen LogP contribution in [0.4, 0.5) is 22.7 Å². The standard InChI is InChI=1S/2C12H10N2O4S.C8H18N4O2/c2*15-11-5-1-9(2-6-11)13-14-10-3-7-12(8-4-10)19(16,17)18;1-10-8(11-2)12-5-3-4-6(9)7(13)14/h2*1-8,15H,(H,16,17,18);6H,3-5,9H2,1-2H3,(H,13,14)(H2,10,11,12)/t;;6-/m..0/s1. The second kappa shape index (κ2) is 20.8.